The molecule has 86 valence electrons. The van der Waals surface area contributed by atoms with Gasteiger partial charge in [0.1, 0.15) is 0 Å². The SMILES string of the molecule is NC(=S)NN=Cc1cccc(-c2cccs2)c1. The Labute approximate surface area is 109 Å². The number of thiocarbonyl (C=S) groups is 1. The quantitative estimate of drug-likeness (QED) is 0.507. The van der Waals surface area contributed by atoms with Crippen molar-refractivity contribution in [2.24, 2.45) is 10.8 Å². The Morgan fingerprint density at radius 2 is 2.24 bits per heavy atom. The lowest BCUT2D eigenvalue weighted by Crippen LogP contribution is -2.23. The first-order chi connectivity index (χ1) is 8.25. The van der Waals surface area contributed by atoms with Crippen molar-refractivity contribution < 1.29 is 0 Å². The number of benzene rings is 1. The third-order valence-corrected chi connectivity index (χ3v) is 3.09. The summed E-state index contributed by atoms with van der Waals surface area (Å²) in [6.07, 6.45) is 1.69. The van der Waals surface area contributed by atoms with E-state index in [-0.39, 0.29) is 5.11 Å². The van der Waals surface area contributed by atoms with Crippen LogP contribution < -0.4 is 11.2 Å². The summed E-state index contributed by atoms with van der Waals surface area (Å²) in [5.74, 6) is 0. The van der Waals surface area contributed by atoms with Gasteiger partial charge < -0.3 is 5.73 Å². The average molecular weight is 261 g/mol. The highest BCUT2D eigenvalue weighted by atomic mass is 32.1. The second-order valence-corrected chi connectivity index (χ2v) is 4.72. The average Bonchev–Trinajstić information content (AvgIpc) is 2.82. The van der Waals surface area contributed by atoms with Crippen molar-refractivity contribution in [3.8, 4) is 10.4 Å². The van der Waals surface area contributed by atoms with Gasteiger partial charge in [-0.15, -0.1) is 11.3 Å². The van der Waals surface area contributed by atoms with E-state index >= 15 is 0 Å². The summed E-state index contributed by atoms with van der Waals surface area (Å²) < 4.78 is 0. The van der Waals surface area contributed by atoms with Gasteiger partial charge >= 0.3 is 0 Å². The summed E-state index contributed by atoms with van der Waals surface area (Å²) in [6.45, 7) is 0. The number of rotatable bonds is 3. The second-order valence-electron chi connectivity index (χ2n) is 3.34. The maximum Gasteiger partial charge on any atom is 0.184 e. The van der Waals surface area contributed by atoms with Gasteiger partial charge in [-0.3, -0.25) is 5.43 Å². The molecule has 0 spiro atoms. The van der Waals surface area contributed by atoms with Crippen LogP contribution in [0.25, 0.3) is 10.4 Å². The summed E-state index contributed by atoms with van der Waals surface area (Å²) in [7, 11) is 0. The van der Waals surface area contributed by atoms with Crippen molar-refractivity contribution in [3.63, 3.8) is 0 Å². The molecule has 17 heavy (non-hydrogen) atoms. The van der Waals surface area contributed by atoms with Crippen molar-refractivity contribution >= 4 is 34.9 Å². The molecule has 2 aromatic rings. The van der Waals surface area contributed by atoms with Crippen LogP contribution in [0.4, 0.5) is 0 Å². The molecule has 1 aromatic heterocycles. The third-order valence-electron chi connectivity index (χ3n) is 2.08. The van der Waals surface area contributed by atoms with Gasteiger partial charge in [-0.05, 0) is 40.9 Å². The number of thiophene rings is 1. The normalized spacial score (nSPS) is 10.6. The number of nitrogens with one attached hydrogen (secondary N) is 1. The summed E-state index contributed by atoms with van der Waals surface area (Å²) >= 11 is 6.37. The molecular weight excluding hydrogens is 250 g/mol. The molecule has 2 rings (SSSR count). The number of hydrogen-bond donors (Lipinski definition) is 2. The van der Waals surface area contributed by atoms with Crippen LogP contribution in [0.15, 0.2) is 46.9 Å². The second kappa shape index (κ2) is 5.56. The molecule has 3 nitrogen and oxygen atoms in total. The van der Waals surface area contributed by atoms with E-state index in [1.54, 1.807) is 17.6 Å². The van der Waals surface area contributed by atoms with Crippen molar-refractivity contribution in [3.05, 3.63) is 47.3 Å². The highest BCUT2D eigenvalue weighted by Gasteiger charge is 1.98. The van der Waals surface area contributed by atoms with Crippen LogP contribution in [0.5, 0.6) is 0 Å². The van der Waals surface area contributed by atoms with E-state index in [4.69, 9.17) is 5.73 Å². The van der Waals surface area contributed by atoms with Crippen molar-refractivity contribution in [2.45, 2.75) is 0 Å². The van der Waals surface area contributed by atoms with E-state index < -0.39 is 0 Å². The van der Waals surface area contributed by atoms with E-state index in [0.717, 1.165) is 5.56 Å². The fourth-order valence-corrected chi connectivity index (χ4v) is 2.16. The molecule has 3 N–H and O–H groups in total. The lowest BCUT2D eigenvalue weighted by atomic mass is 10.1. The zero-order chi connectivity index (χ0) is 12.1. The largest absolute Gasteiger partial charge is 0.375 e. The molecule has 0 atom stereocenters. The fourth-order valence-electron chi connectivity index (χ4n) is 1.39. The third kappa shape index (κ3) is 3.37. The molecule has 0 fully saturated rings. The lowest BCUT2D eigenvalue weighted by molar-refractivity contribution is 1.04. The summed E-state index contributed by atoms with van der Waals surface area (Å²) in [5.41, 5.74) is 9.98. The first-order valence-corrected chi connectivity index (χ1v) is 6.27. The molecule has 0 aliphatic rings. The summed E-state index contributed by atoms with van der Waals surface area (Å²) in [4.78, 5) is 1.24. The van der Waals surface area contributed by atoms with E-state index in [1.807, 2.05) is 18.2 Å². The van der Waals surface area contributed by atoms with Gasteiger partial charge in [0.15, 0.2) is 5.11 Å². The zero-order valence-electron chi connectivity index (χ0n) is 8.96. The van der Waals surface area contributed by atoms with Gasteiger partial charge in [0.2, 0.25) is 0 Å². The Kier molecular flexibility index (Phi) is 3.85. The van der Waals surface area contributed by atoms with Crippen LogP contribution in [0.3, 0.4) is 0 Å². The minimum Gasteiger partial charge on any atom is -0.375 e. The van der Waals surface area contributed by atoms with Gasteiger partial charge in [0, 0.05) is 4.88 Å². The fraction of sp³-hybridized carbons (Fsp3) is 0. The molecule has 0 radical (unpaired) electrons. The minimum absolute atomic E-state index is 0.163. The van der Waals surface area contributed by atoms with E-state index in [0.29, 0.717) is 0 Å². The van der Waals surface area contributed by atoms with Crippen LogP contribution >= 0.6 is 23.6 Å². The Hall–Kier alpha value is -1.72. The Morgan fingerprint density at radius 3 is 2.94 bits per heavy atom. The summed E-state index contributed by atoms with van der Waals surface area (Å²) in [6, 6.07) is 12.2. The topological polar surface area (TPSA) is 50.4 Å². The molecule has 0 saturated heterocycles. The van der Waals surface area contributed by atoms with Crippen LogP contribution in [0.1, 0.15) is 5.56 Å². The maximum atomic E-state index is 5.27. The molecule has 5 heteroatoms. The number of nitrogens with zero attached hydrogens (tertiary/aromatic N) is 1. The lowest BCUT2D eigenvalue weighted by Gasteiger charge is -1.99. The molecule has 0 aliphatic carbocycles. The molecule has 0 amide bonds. The number of hydrogen-bond acceptors (Lipinski definition) is 3. The number of nitrogens with two attached hydrogens (primary N) is 1. The van der Waals surface area contributed by atoms with E-state index in [2.05, 4.69) is 46.3 Å². The van der Waals surface area contributed by atoms with Crippen LogP contribution in [0.2, 0.25) is 0 Å². The van der Waals surface area contributed by atoms with Gasteiger partial charge in [-0.1, -0.05) is 24.3 Å². The molecular formula is C12H11N3S2. The van der Waals surface area contributed by atoms with E-state index in [9.17, 15) is 0 Å². The van der Waals surface area contributed by atoms with Crippen LogP contribution in [-0.2, 0) is 0 Å². The molecule has 0 unspecified atom stereocenters. The van der Waals surface area contributed by atoms with Crippen molar-refractivity contribution in [1.29, 1.82) is 0 Å². The van der Waals surface area contributed by atoms with Crippen LogP contribution in [0, 0.1) is 0 Å². The van der Waals surface area contributed by atoms with Gasteiger partial charge in [0.25, 0.3) is 0 Å². The standard InChI is InChI=1S/C12H11N3S2/c13-12(16)15-14-8-9-3-1-4-10(7-9)11-5-2-6-17-11/h1-8H,(H3,13,15,16). The molecule has 0 saturated carbocycles. The van der Waals surface area contributed by atoms with Crippen molar-refractivity contribution in [1.82, 2.24) is 5.43 Å². The van der Waals surface area contributed by atoms with E-state index in [1.165, 1.54) is 10.4 Å². The molecule has 1 heterocycles. The summed E-state index contributed by atoms with van der Waals surface area (Å²) in [5, 5.41) is 6.15. The van der Waals surface area contributed by atoms with Gasteiger partial charge in [0.05, 0.1) is 6.21 Å². The monoisotopic (exact) mass is 261 g/mol. The highest BCUT2D eigenvalue weighted by Crippen LogP contribution is 2.24. The minimum atomic E-state index is 0.163. The first kappa shape index (κ1) is 11.8. The maximum absolute atomic E-state index is 5.27. The van der Waals surface area contributed by atoms with Gasteiger partial charge in [-0.25, -0.2) is 0 Å². The Balaban J connectivity index is 2.17. The highest BCUT2D eigenvalue weighted by molar-refractivity contribution is 7.80. The number of hydrazone groups is 1. The predicted molar refractivity (Wildman–Crippen MR) is 77.3 cm³/mol. The molecule has 0 bridgehead atoms. The molecule has 1 aromatic carbocycles. The predicted octanol–water partition coefficient (Wildman–Crippen LogP) is 2.58. The zero-order valence-corrected chi connectivity index (χ0v) is 10.6. The Bertz CT molecular complexity index is 532. The van der Waals surface area contributed by atoms with Crippen molar-refractivity contribution in [2.75, 3.05) is 0 Å². The Morgan fingerprint density at radius 1 is 1.35 bits per heavy atom. The van der Waals surface area contributed by atoms with Crippen LogP contribution in [-0.4, -0.2) is 11.3 Å². The smallest absolute Gasteiger partial charge is 0.184 e. The molecule has 0 aliphatic heterocycles. The first-order valence-electron chi connectivity index (χ1n) is 4.98. The van der Waals surface area contributed by atoms with Gasteiger partial charge in [-0.2, -0.15) is 5.10 Å².